The number of hydrogen-bond donors (Lipinski definition) is 2. The third-order valence-corrected chi connectivity index (χ3v) is 4.23. The van der Waals surface area contributed by atoms with Gasteiger partial charge in [-0.25, -0.2) is 0 Å². The third-order valence-electron chi connectivity index (χ3n) is 4.23. The highest BCUT2D eigenvalue weighted by atomic mass is 35.5. The first-order chi connectivity index (χ1) is 8.66. The maximum absolute atomic E-state index is 11.9. The highest BCUT2D eigenvalue weighted by Crippen LogP contribution is 2.23. The number of carbonyl (C=O) groups is 1. The van der Waals surface area contributed by atoms with Crippen molar-refractivity contribution in [1.29, 1.82) is 0 Å². The van der Waals surface area contributed by atoms with Crippen LogP contribution in [-0.4, -0.2) is 68.1 Å². The Hall–Kier alpha value is 0.220. The molecule has 0 spiro atoms. The van der Waals surface area contributed by atoms with E-state index in [1.54, 1.807) is 0 Å². The van der Waals surface area contributed by atoms with E-state index in [0.29, 0.717) is 0 Å². The minimum Gasteiger partial charge on any atom is -0.355 e. The number of nitrogens with two attached hydrogens (primary N) is 1. The van der Waals surface area contributed by atoms with Crippen LogP contribution in [0.1, 0.15) is 19.3 Å². The Morgan fingerprint density at radius 1 is 1.14 bits per heavy atom. The van der Waals surface area contributed by atoms with Crippen LogP contribution in [0.5, 0.6) is 0 Å². The number of hydrogen-bond acceptors (Lipinski definition) is 4. The lowest BCUT2D eigenvalue weighted by atomic mass is 10.0. The molecule has 3 N–H and O–H groups in total. The number of halogens is 3. The van der Waals surface area contributed by atoms with Crippen LogP contribution in [0.4, 0.5) is 0 Å². The predicted molar refractivity (Wildman–Crippen MR) is 94.0 cm³/mol. The average molecular weight is 364 g/mol. The second kappa shape index (κ2) is 11.7. The van der Waals surface area contributed by atoms with Gasteiger partial charge >= 0.3 is 0 Å². The van der Waals surface area contributed by atoms with E-state index in [-0.39, 0.29) is 55.1 Å². The van der Waals surface area contributed by atoms with Crippen LogP contribution in [0.2, 0.25) is 0 Å². The van der Waals surface area contributed by atoms with Gasteiger partial charge in [0.25, 0.3) is 0 Å². The number of nitrogens with one attached hydrogen (secondary N) is 1. The molecule has 2 rings (SSSR count). The minimum absolute atomic E-state index is 0. The van der Waals surface area contributed by atoms with E-state index < -0.39 is 0 Å². The largest absolute Gasteiger partial charge is 0.355 e. The lowest BCUT2D eigenvalue weighted by Crippen LogP contribution is -2.47. The highest BCUT2D eigenvalue weighted by Gasteiger charge is 2.29. The molecule has 2 unspecified atom stereocenters. The smallest absolute Gasteiger partial charge is 0.224 e. The number of likely N-dealkylation sites (N-methyl/N-ethyl adjacent to an activating group) is 1. The van der Waals surface area contributed by atoms with E-state index in [1.807, 2.05) is 0 Å². The van der Waals surface area contributed by atoms with Gasteiger partial charge in [-0.3, -0.25) is 9.69 Å². The summed E-state index contributed by atoms with van der Waals surface area (Å²) in [6.07, 6.45) is 3.05. The van der Waals surface area contributed by atoms with Crippen molar-refractivity contribution in [3.63, 3.8) is 0 Å². The molecule has 0 aromatic carbocycles. The van der Waals surface area contributed by atoms with Gasteiger partial charge in [0.15, 0.2) is 0 Å². The molecule has 1 saturated carbocycles. The van der Waals surface area contributed by atoms with Gasteiger partial charge in [0.1, 0.15) is 0 Å². The lowest BCUT2D eigenvalue weighted by molar-refractivity contribution is -0.125. The fourth-order valence-electron chi connectivity index (χ4n) is 2.85. The molecular weight excluding hydrogens is 335 g/mol. The van der Waals surface area contributed by atoms with Gasteiger partial charge in [-0.2, -0.15) is 0 Å². The number of amides is 1. The first-order valence-corrected chi connectivity index (χ1v) is 7.11. The van der Waals surface area contributed by atoms with Crippen molar-refractivity contribution in [2.75, 3.05) is 46.3 Å². The van der Waals surface area contributed by atoms with E-state index in [0.717, 1.165) is 58.5 Å². The zero-order chi connectivity index (χ0) is 13.0. The Labute approximate surface area is 146 Å². The van der Waals surface area contributed by atoms with Gasteiger partial charge in [0.2, 0.25) is 5.91 Å². The fourth-order valence-corrected chi connectivity index (χ4v) is 2.85. The molecule has 1 heterocycles. The van der Waals surface area contributed by atoms with Crippen LogP contribution in [0.15, 0.2) is 0 Å². The predicted octanol–water partition coefficient (Wildman–Crippen LogP) is 0.743. The molecule has 0 radical (unpaired) electrons. The molecule has 5 nitrogen and oxygen atoms in total. The molecule has 1 aliphatic heterocycles. The number of piperazine rings is 1. The molecule has 1 saturated heterocycles. The van der Waals surface area contributed by atoms with Gasteiger partial charge in [0, 0.05) is 45.3 Å². The van der Waals surface area contributed by atoms with E-state index in [2.05, 4.69) is 22.2 Å². The second-order valence-electron chi connectivity index (χ2n) is 5.64. The second-order valence-corrected chi connectivity index (χ2v) is 5.64. The summed E-state index contributed by atoms with van der Waals surface area (Å²) in [5.41, 5.74) is 5.93. The summed E-state index contributed by atoms with van der Waals surface area (Å²) in [6, 6.07) is 0.0774. The van der Waals surface area contributed by atoms with Crippen molar-refractivity contribution >= 4 is 43.1 Å². The van der Waals surface area contributed by atoms with E-state index >= 15 is 0 Å². The summed E-state index contributed by atoms with van der Waals surface area (Å²) in [5, 5.41) is 3.04. The number of nitrogens with zero attached hydrogens (tertiary/aromatic N) is 2. The maximum atomic E-state index is 11.9. The summed E-state index contributed by atoms with van der Waals surface area (Å²) in [7, 11) is 2.15. The molecule has 2 aliphatic rings. The topological polar surface area (TPSA) is 61.6 Å². The summed E-state index contributed by atoms with van der Waals surface area (Å²) >= 11 is 0. The molecule has 0 aromatic rings. The Morgan fingerprint density at radius 3 is 2.29 bits per heavy atom. The van der Waals surface area contributed by atoms with Gasteiger partial charge in [-0.05, 0) is 19.9 Å². The van der Waals surface area contributed by atoms with Crippen LogP contribution < -0.4 is 11.1 Å². The number of rotatable bonds is 4. The van der Waals surface area contributed by atoms with Crippen LogP contribution in [0, 0.1) is 5.92 Å². The fraction of sp³-hybridized carbons (Fsp3) is 0.923. The molecule has 8 heteroatoms. The first kappa shape index (κ1) is 23.5. The molecule has 128 valence electrons. The summed E-state index contributed by atoms with van der Waals surface area (Å²) in [5.74, 6) is 0.214. The minimum atomic E-state index is 0. The normalized spacial score (nSPS) is 26.2. The zero-order valence-electron chi connectivity index (χ0n) is 12.6. The van der Waals surface area contributed by atoms with Crippen LogP contribution in [0.3, 0.4) is 0 Å². The third kappa shape index (κ3) is 7.35. The van der Waals surface area contributed by atoms with Crippen molar-refractivity contribution in [2.45, 2.75) is 25.3 Å². The maximum Gasteiger partial charge on any atom is 0.224 e. The molecule has 1 aliphatic carbocycles. The standard InChI is InChI=1S/C13H26N4O.3ClH/c1-16-7-9-17(10-8-16)6-5-15-13(18)11-3-2-4-12(11)14;;;/h11-12H,2-10,14H2,1H3,(H,15,18);3*1H. The van der Waals surface area contributed by atoms with Crippen molar-refractivity contribution < 1.29 is 4.79 Å². The summed E-state index contributed by atoms with van der Waals surface area (Å²) < 4.78 is 0. The summed E-state index contributed by atoms with van der Waals surface area (Å²) in [4.78, 5) is 16.7. The van der Waals surface area contributed by atoms with Gasteiger partial charge < -0.3 is 16.0 Å². The first-order valence-electron chi connectivity index (χ1n) is 7.11. The van der Waals surface area contributed by atoms with Crippen molar-refractivity contribution in [1.82, 2.24) is 15.1 Å². The molecule has 21 heavy (non-hydrogen) atoms. The Balaban J connectivity index is 0. The Morgan fingerprint density at radius 2 is 1.76 bits per heavy atom. The molecule has 0 aromatic heterocycles. The Bertz CT molecular complexity index is 289. The van der Waals surface area contributed by atoms with Gasteiger partial charge in [0.05, 0.1) is 5.92 Å². The van der Waals surface area contributed by atoms with Crippen molar-refractivity contribution in [3.8, 4) is 0 Å². The monoisotopic (exact) mass is 362 g/mol. The van der Waals surface area contributed by atoms with E-state index in [1.165, 1.54) is 0 Å². The van der Waals surface area contributed by atoms with E-state index in [9.17, 15) is 4.79 Å². The lowest BCUT2D eigenvalue weighted by Gasteiger charge is -2.32. The summed E-state index contributed by atoms with van der Waals surface area (Å²) in [6.45, 7) is 6.18. The molecule has 2 atom stereocenters. The van der Waals surface area contributed by atoms with Crippen molar-refractivity contribution in [3.05, 3.63) is 0 Å². The highest BCUT2D eigenvalue weighted by molar-refractivity contribution is 5.86. The molecule has 2 fully saturated rings. The quantitative estimate of drug-likeness (QED) is 0.773. The molecule has 1 amide bonds. The SMILES string of the molecule is CN1CCN(CCNC(=O)C2CCCC2N)CC1.Cl.Cl.Cl. The molecular formula is C13H29Cl3N4O. The number of carbonyl (C=O) groups excluding carboxylic acids is 1. The van der Waals surface area contributed by atoms with Crippen LogP contribution >= 0.6 is 37.2 Å². The Kier molecular flexibility index (Phi) is 13.1. The van der Waals surface area contributed by atoms with Crippen molar-refractivity contribution in [2.24, 2.45) is 11.7 Å². The van der Waals surface area contributed by atoms with E-state index in [4.69, 9.17) is 5.73 Å². The van der Waals surface area contributed by atoms with Gasteiger partial charge in [-0.1, -0.05) is 6.42 Å². The van der Waals surface area contributed by atoms with Crippen LogP contribution in [-0.2, 0) is 4.79 Å². The molecule has 0 bridgehead atoms. The zero-order valence-corrected chi connectivity index (χ0v) is 15.1. The van der Waals surface area contributed by atoms with Crippen LogP contribution in [0.25, 0.3) is 0 Å². The average Bonchev–Trinajstić information content (AvgIpc) is 2.78. The van der Waals surface area contributed by atoms with Gasteiger partial charge in [-0.15, -0.1) is 37.2 Å².